The molecule has 9 aromatic rings. The van der Waals surface area contributed by atoms with Crippen molar-refractivity contribution in [3.05, 3.63) is 193 Å². The van der Waals surface area contributed by atoms with Crippen LogP contribution in [0, 0.1) is 0 Å². The summed E-state index contributed by atoms with van der Waals surface area (Å²) in [5.74, 6) is 0.711. The third kappa shape index (κ3) is 5.02. The van der Waals surface area contributed by atoms with Crippen molar-refractivity contribution in [3.8, 4) is 67.3 Å². The van der Waals surface area contributed by atoms with E-state index in [0.717, 1.165) is 28.1 Å². The minimum absolute atomic E-state index is 0.118. The van der Waals surface area contributed by atoms with E-state index in [4.69, 9.17) is 9.97 Å². The molecule has 0 atom stereocenters. The molecule has 0 amide bonds. The lowest BCUT2D eigenvalue weighted by Crippen LogP contribution is -2.16. The molecule has 1 aliphatic carbocycles. The van der Waals surface area contributed by atoms with Crippen LogP contribution in [0.1, 0.15) is 25.0 Å². The SMILES string of the molecule is CC1(C)c2ccccc2-c2cccc(-c3ccc(-c4cc(-c5ccc(-c6ccccc6)c6ccccc56)nc(-c5ccccc5)n4)c4ccccc34)c21. The van der Waals surface area contributed by atoms with Crippen molar-refractivity contribution in [1.29, 1.82) is 0 Å². The van der Waals surface area contributed by atoms with Crippen LogP contribution < -0.4 is 0 Å². The quantitative estimate of drug-likeness (QED) is 0.181. The van der Waals surface area contributed by atoms with Gasteiger partial charge in [-0.3, -0.25) is 0 Å². The Balaban J connectivity index is 1.18. The standard InChI is InChI=1S/C51H36N2/c1-51(2)46-27-14-13-24-41(46)45-26-15-25-44(49(45)51)40-29-31-43(39-23-12-10-21-37(39)40)48-32-47(52-50(53-48)34-18-7-4-8-19-34)42-30-28-35(33-16-5-3-6-17-33)36-20-9-11-22-38(36)42/h3-32H,1-2H3. The van der Waals surface area contributed by atoms with Gasteiger partial charge in [-0.1, -0.05) is 190 Å². The Kier molecular flexibility index (Phi) is 7.19. The van der Waals surface area contributed by atoms with Crippen LogP contribution in [-0.4, -0.2) is 9.97 Å². The first-order chi connectivity index (χ1) is 26.1. The lowest BCUT2D eigenvalue weighted by molar-refractivity contribution is 0.662. The summed E-state index contributed by atoms with van der Waals surface area (Å²) in [6.45, 7) is 4.72. The van der Waals surface area contributed by atoms with Gasteiger partial charge >= 0.3 is 0 Å². The lowest BCUT2D eigenvalue weighted by atomic mass is 9.78. The molecule has 0 unspecified atom stereocenters. The summed E-state index contributed by atoms with van der Waals surface area (Å²) in [5, 5.41) is 4.75. The highest BCUT2D eigenvalue weighted by Crippen LogP contribution is 2.53. The Morgan fingerprint density at radius 1 is 0.340 bits per heavy atom. The van der Waals surface area contributed by atoms with E-state index in [2.05, 4.69) is 190 Å². The van der Waals surface area contributed by atoms with Gasteiger partial charge in [0.1, 0.15) is 0 Å². The second-order valence-electron chi connectivity index (χ2n) is 14.5. The average molecular weight is 677 g/mol. The topological polar surface area (TPSA) is 25.8 Å². The molecule has 0 saturated heterocycles. The van der Waals surface area contributed by atoms with Gasteiger partial charge in [0, 0.05) is 22.1 Å². The van der Waals surface area contributed by atoms with Crippen molar-refractivity contribution in [2.75, 3.05) is 0 Å². The van der Waals surface area contributed by atoms with Crippen molar-refractivity contribution in [2.45, 2.75) is 19.3 Å². The number of hydrogen-bond acceptors (Lipinski definition) is 2. The minimum atomic E-state index is -0.118. The molecular weight excluding hydrogens is 641 g/mol. The van der Waals surface area contributed by atoms with Gasteiger partial charge in [0.05, 0.1) is 11.4 Å². The van der Waals surface area contributed by atoms with Crippen LogP contribution in [0.2, 0.25) is 0 Å². The van der Waals surface area contributed by atoms with Gasteiger partial charge < -0.3 is 0 Å². The molecule has 1 aliphatic rings. The van der Waals surface area contributed by atoms with E-state index >= 15 is 0 Å². The molecule has 10 rings (SSSR count). The second-order valence-corrected chi connectivity index (χ2v) is 14.5. The smallest absolute Gasteiger partial charge is 0.160 e. The van der Waals surface area contributed by atoms with Crippen molar-refractivity contribution in [1.82, 2.24) is 9.97 Å². The molecule has 1 aromatic heterocycles. The molecule has 0 N–H and O–H groups in total. The van der Waals surface area contributed by atoms with E-state index in [9.17, 15) is 0 Å². The van der Waals surface area contributed by atoms with Crippen molar-refractivity contribution in [2.24, 2.45) is 0 Å². The Morgan fingerprint density at radius 2 is 0.774 bits per heavy atom. The van der Waals surface area contributed by atoms with E-state index in [1.54, 1.807) is 0 Å². The third-order valence-corrected chi connectivity index (χ3v) is 11.1. The molecule has 0 fully saturated rings. The van der Waals surface area contributed by atoms with E-state index in [0.29, 0.717) is 5.82 Å². The zero-order valence-electron chi connectivity index (χ0n) is 29.7. The highest BCUT2D eigenvalue weighted by atomic mass is 14.9. The number of rotatable bonds is 5. The number of benzene rings is 8. The first-order valence-electron chi connectivity index (χ1n) is 18.3. The molecular formula is C51H36N2. The van der Waals surface area contributed by atoms with Gasteiger partial charge in [-0.25, -0.2) is 9.97 Å². The van der Waals surface area contributed by atoms with Crippen LogP contribution >= 0.6 is 0 Å². The average Bonchev–Trinajstić information content (AvgIpc) is 3.46. The second kappa shape index (κ2) is 12.3. The zero-order chi connectivity index (χ0) is 35.5. The normalized spacial score (nSPS) is 12.9. The summed E-state index contributed by atoms with van der Waals surface area (Å²) >= 11 is 0. The summed E-state index contributed by atoms with van der Waals surface area (Å²) in [7, 11) is 0. The highest BCUT2D eigenvalue weighted by Gasteiger charge is 2.37. The Morgan fingerprint density at radius 3 is 1.40 bits per heavy atom. The summed E-state index contributed by atoms with van der Waals surface area (Å²) in [6.07, 6.45) is 0. The monoisotopic (exact) mass is 676 g/mol. The van der Waals surface area contributed by atoms with Gasteiger partial charge in [-0.2, -0.15) is 0 Å². The van der Waals surface area contributed by atoms with Crippen LogP contribution in [0.4, 0.5) is 0 Å². The number of hydrogen-bond donors (Lipinski definition) is 0. The van der Waals surface area contributed by atoms with Crippen LogP contribution in [-0.2, 0) is 5.41 Å². The van der Waals surface area contributed by atoms with Crippen LogP contribution in [0.25, 0.3) is 88.8 Å². The van der Waals surface area contributed by atoms with Crippen molar-refractivity contribution >= 4 is 21.5 Å². The first-order valence-corrected chi connectivity index (χ1v) is 18.3. The minimum Gasteiger partial charge on any atom is -0.228 e. The molecule has 2 heteroatoms. The zero-order valence-corrected chi connectivity index (χ0v) is 29.7. The summed E-state index contributed by atoms with van der Waals surface area (Å²) in [4.78, 5) is 10.6. The summed E-state index contributed by atoms with van der Waals surface area (Å²) < 4.78 is 0. The molecule has 2 nitrogen and oxygen atoms in total. The highest BCUT2D eigenvalue weighted by molar-refractivity contribution is 6.08. The molecule has 0 saturated carbocycles. The Labute approximate surface area is 310 Å². The van der Waals surface area contributed by atoms with Gasteiger partial charge in [0.15, 0.2) is 5.82 Å². The van der Waals surface area contributed by atoms with E-state index in [-0.39, 0.29) is 5.41 Å². The van der Waals surface area contributed by atoms with Gasteiger partial charge in [-0.05, 0) is 72.1 Å². The fourth-order valence-corrected chi connectivity index (χ4v) is 8.66. The lowest BCUT2D eigenvalue weighted by Gasteiger charge is -2.25. The fraction of sp³-hybridized carbons (Fsp3) is 0.0588. The molecule has 0 spiro atoms. The van der Waals surface area contributed by atoms with Crippen LogP contribution in [0.5, 0.6) is 0 Å². The van der Waals surface area contributed by atoms with Crippen molar-refractivity contribution < 1.29 is 0 Å². The molecule has 0 aliphatic heterocycles. The number of nitrogens with zero attached hydrogens (tertiary/aromatic N) is 2. The fourth-order valence-electron chi connectivity index (χ4n) is 8.66. The van der Waals surface area contributed by atoms with Gasteiger partial charge in [0.2, 0.25) is 0 Å². The maximum absolute atomic E-state index is 5.29. The predicted octanol–water partition coefficient (Wildman–Crippen LogP) is 13.4. The Bertz CT molecular complexity index is 2850. The summed E-state index contributed by atoms with van der Waals surface area (Å²) in [5.41, 5.74) is 15.2. The number of aromatic nitrogens is 2. The van der Waals surface area contributed by atoms with E-state index in [1.165, 1.54) is 66.1 Å². The maximum Gasteiger partial charge on any atom is 0.160 e. The molecule has 0 bridgehead atoms. The van der Waals surface area contributed by atoms with Crippen molar-refractivity contribution in [3.63, 3.8) is 0 Å². The molecule has 1 heterocycles. The third-order valence-electron chi connectivity index (χ3n) is 11.1. The van der Waals surface area contributed by atoms with Crippen LogP contribution in [0.3, 0.4) is 0 Å². The molecule has 250 valence electrons. The molecule has 0 radical (unpaired) electrons. The van der Waals surface area contributed by atoms with Gasteiger partial charge in [0.25, 0.3) is 0 Å². The number of fused-ring (bicyclic) bond motifs is 5. The van der Waals surface area contributed by atoms with E-state index in [1.807, 2.05) is 6.07 Å². The van der Waals surface area contributed by atoms with Crippen LogP contribution in [0.15, 0.2) is 182 Å². The predicted molar refractivity (Wildman–Crippen MR) is 222 cm³/mol. The molecule has 8 aromatic carbocycles. The van der Waals surface area contributed by atoms with E-state index < -0.39 is 0 Å². The van der Waals surface area contributed by atoms with Gasteiger partial charge in [-0.15, -0.1) is 0 Å². The maximum atomic E-state index is 5.29. The largest absolute Gasteiger partial charge is 0.228 e. The Hall–Kier alpha value is -6.64. The molecule has 53 heavy (non-hydrogen) atoms. The summed E-state index contributed by atoms with van der Waals surface area (Å²) in [6, 6.07) is 65.3. The first kappa shape index (κ1) is 31.1.